The van der Waals surface area contributed by atoms with Crippen LogP contribution in [0.2, 0.25) is 0 Å². The normalized spacial score (nSPS) is 25.6. The summed E-state index contributed by atoms with van der Waals surface area (Å²) in [6.45, 7) is 2.58. The van der Waals surface area contributed by atoms with Crippen molar-refractivity contribution in [2.45, 2.75) is 32.0 Å². The van der Waals surface area contributed by atoms with Crippen molar-refractivity contribution in [3.63, 3.8) is 0 Å². The Morgan fingerprint density at radius 3 is 2.77 bits per heavy atom. The maximum atomic E-state index is 14.4. The summed E-state index contributed by atoms with van der Waals surface area (Å²) in [5, 5.41) is 18.4. The van der Waals surface area contributed by atoms with E-state index >= 15 is 0 Å². The molecule has 1 saturated carbocycles. The van der Waals surface area contributed by atoms with E-state index in [1.54, 1.807) is 17.2 Å². The molecular formula is C23H23F2N3O3. The van der Waals surface area contributed by atoms with Crippen molar-refractivity contribution in [2.24, 2.45) is 11.8 Å². The summed E-state index contributed by atoms with van der Waals surface area (Å²) in [7, 11) is 0. The first kappa shape index (κ1) is 19.9. The Morgan fingerprint density at radius 2 is 1.97 bits per heavy atom. The zero-order chi connectivity index (χ0) is 21.7. The van der Waals surface area contributed by atoms with Crippen LogP contribution in [-0.4, -0.2) is 51.4 Å². The summed E-state index contributed by atoms with van der Waals surface area (Å²) in [5.41, 5.74) is 1.55. The van der Waals surface area contributed by atoms with Crippen molar-refractivity contribution in [3.8, 4) is 5.75 Å². The van der Waals surface area contributed by atoms with Gasteiger partial charge in [0.25, 0.3) is 5.91 Å². The van der Waals surface area contributed by atoms with Gasteiger partial charge in [0.05, 0.1) is 23.4 Å². The first-order valence-electron chi connectivity index (χ1n) is 10.4. The standard InChI is InChI=1S/C23H23F2N3O3/c1-12-5-6-17(24)22(20(12)25)31-19-8-15-11-28(10-14(15)7-18(19)29)23(30)16-4-2-3-13-9-26-27-21(13)16/h2-6,9,14-15,18-19,29H,7-8,10-11H2,1H3,(H,26,27)/t14-,15+,18+,19+/m0/s1. The molecule has 2 heterocycles. The topological polar surface area (TPSA) is 78.5 Å². The zero-order valence-corrected chi connectivity index (χ0v) is 17.0. The number of carbonyl (C=O) groups excluding carboxylic acids is 1. The fraction of sp³-hybridized carbons (Fsp3) is 0.391. The average molecular weight is 427 g/mol. The minimum absolute atomic E-state index is 0.0908. The number of aliphatic hydroxyl groups excluding tert-OH is 1. The number of hydrogen-bond acceptors (Lipinski definition) is 4. The number of rotatable bonds is 3. The Morgan fingerprint density at radius 1 is 1.19 bits per heavy atom. The molecule has 8 heteroatoms. The van der Waals surface area contributed by atoms with Gasteiger partial charge in [0.2, 0.25) is 0 Å². The third-order valence-corrected chi connectivity index (χ3v) is 6.59. The Labute approximate surface area is 177 Å². The first-order chi connectivity index (χ1) is 14.9. The number of halogens is 2. The van der Waals surface area contributed by atoms with Gasteiger partial charge in [-0.25, -0.2) is 8.78 Å². The molecule has 2 fully saturated rings. The van der Waals surface area contributed by atoms with Crippen LogP contribution < -0.4 is 4.74 Å². The predicted molar refractivity (Wildman–Crippen MR) is 110 cm³/mol. The van der Waals surface area contributed by atoms with Crippen molar-refractivity contribution < 1.29 is 23.4 Å². The van der Waals surface area contributed by atoms with Crippen LogP contribution in [0.1, 0.15) is 28.8 Å². The Kier molecular flexibility index (Phi) is 4.89. The van der Waals surface area contributed by atoms with Gasteiger partial charge in [-0.15, -0.1) is 0 Å². The third-order valence-electron chi connectivity index (χ3n) is 6.59. The van der Waals surface area contributed by atoms with Crippen molar-refractivity contribution in [3.05, 3.63) is 59.3 Å². The number of nitrogens with zero attached hydrogens (tertiary/aromatic N) is 2. The summed E-state index contributed by atoms with van der Waals surface area (Å²) in [5.74, 6) is -1.86. The monoisotopic (exact) mass is 427 g/mol. The lowest BCUT2D eigenvalue weighted by Crippen LogP contribution is -2.42. The van der Waals surface area contributed by atoms with Crippen molar-refractivity contribution >= 4 is 16.8 Å². The van der Waals surface area contributed by atoms with Crippen LogP contribution in [0.4, 0.5) is 8.78 Å². The molecule has 3 aromatic rings. The molecule has 4 atom stereocenters. The SMILES string of the molecule is Cc1ccc(F)c(O[C@@H]2C[C@@H]3CN(C(=O)c4cccc5cn[nH]c45)C[C@@H]3C[C@H]2O)c1F. The van der Waals surface area contributed by atoms with Gasteiger partial charge in [0.1, 0.15) is 6.10 Å². The van der Waals surface area contributed by atoms with Gasteiger partial charge >= 0.3 is 0 Å². The Balaban J connectivity index is 1.33. The molecule has 2 N–H and O–H groups in total. The van der Waals surface area contributed by atoms with Gasteiger partial charge < -0.3 is 14.7 Å². The van der Waals surface area contributed by atoms with Crippen molar-refractivity contribution in [1.82, 2.24) is 15.1 Å². The minimum Gasteiger partial charge on any atom is -0.482 e. The molecule has 1 amide bonds. The summed E-state index contributed by atoms with van der Waals surface area (Å²) in [6, 6.07) is 8.01. The van der Waals surface area contributed by atoms with Crippen molar-refractivity contribution in [1.29, 1.82) is 0 Å². The molecule has 31 heavy (non-hydrogen) atoms. The molecule has 1 aliphatic heterocycles. The number of aryl methyl sites for hydroxylation is 1. The van der Waals surface area contributed by atoms with Gasteiger partial charge in [0, 0.05) is 18.5 Å². The second-order valence-corrected chi connectivity index (χ2v) is 8.57. The highest BCUT2D eigenvalue weighted by atomic mass is 19.1. The molecule has 0 unspecified atom stereocenters. The molecule has 0 radical (unpaired) electrons. The molecule has 5 rings (SSSR count). The summed E-state index contributed by atoms with van der Waals surface area (Å²) >= 11 is 0. The second kappa shape index (κ2) is 7.60. The number of H-pyrrole nitrogens is 1. The van der Waals surface area contributed by atoms with Gasteiger partial charge in [-0.2, -0.15) is 5.10 Å². The maximum absolute atomic E-state index is 14.4. The maximum Gasteiger partial charge on any atom is 0.256 e. The van der Waals surface area contributed by atoms with E-state index in [4.69, 9.17) is 4.74 Å². The fourth-order valence-electron chi connectivity index (χ4n) is 4.89. The highest BCUT2D eigenvalue weighted by Crippen LogP contribution is 2.39. The Bertz CT molecular complexity index is 1150. The largest absolute Gasteiger partial charge is 0.482 e. The highest BCUT2D eigenvalue weighted by molar-refractivity contribution is 6.05. The number of aromatic amines is 1. The molecule has 162 valence electrons. The molecule has 1 aliphatic carbocycles. The number of ether oxygens (including phenoxy) is 1. The number of aliphatic hydroxyl groups is 1. The van der Waals surface area contributed by atoms with Crippen LogP contribution in [0.3, 0.4) is 0 Å². The number of benzene rings is 2. The molecule has 0 bridgehead atoms. The van der Waals surface area contributed by atoms with Crippen LogP contribution in [0.5, 0.6) is 5.75 Å². The van der Waals surface area contributed by atoms with Crippen LogP contribution in [-0.2, 0) is 0 Å². The number of nitrogens with one attached hydrogen (secondary N) is 1. The third kappa shape index (κ3) is 3.44. The van der Waals surface area contributed by atoms with E-state index in [-0.39, 0.29) is 23.3 Å². The number of aromatic nitrogens is 2. The zero-order valence-electron chi connectivity index (χ0n) is 17.0. The molecule has 6 nitrogen and oxygen atoms in total. The Hall–Kier alpha value is -3.00. The predicted octanol–water partition coefficient (Wildman–Crippen LogP) is 3.44. The van der Waals surface area contributed by atoms with E-state index in [0.29, 0.717) is 37.0 Å². The number of hydrogen-bond donors (Lipinski definition) is 2. The molecule has 1 aromatic heterocycles. The summed E-state index contributed by atoms with van der Waals surface area (Å²) < 4.78 is 34.1. The number of carbonyl (C=O) groups is 1. The van der Waals surface area contributed by atoms with Crippen LogP contribution >= 0.6 is 0 Å². The lowest BCUT2D eigenvalue weighted by molar-refractivity contribution is -0.0263. The number of para-hydroxylation sites is 1. The quantitative estimate of drug-likeness (QED) is 0.671. The number of amides is 1. The molecule has 2 aromatic carbocycles. The smallest absolute Gasteiger partial charge is 0.256 e. The first-order valence-corrected chi connectivity index (χ1v) is 10.4. The van der Waals surface area contributed by atoms with Crippen molar-refractivity contribution in [2.75, 3.05) is 13.1 Å². The number of likely N-dealkylation sites (tertiary alicyclic amines) is 1. The van der Waals surface area contributed by atoms with Crippen LogP contribution in [0, 0.1) is 30.4 Å². The second-order valence-electron chi connectivity index (χ2n) is 8.57. The van der Waals surface area contributed by atoms with E-state index < -0.39 is 29.6 Å². The van der Waals surface area contributed by atoms with E-state index in [9.17, 15) is 18.7 Å². The highest BCUT2D eigenvalue weighted by Gasteiger charge is 2.44. The number of fused-ring (bicyclic) bond motifs is 2. The van der Waals surface area contributed by atoms with Crippen LogP contribution in [0.25, 0.3) is 10.9 Å². The van der Waals surface area contributed by atoms with Crippen LogP contribution in [0.15, 0.2) is 36.5 Å². The van der Waals surface area contributed by atoms with E-state index in [2.05, 4.69) is 10.2 Å². The lowest BCUT2D eigenvalue weighted by Gasteiger charge is -2.35. The molecule has 1 saturated heterocycles. The molecule has 2 aliphatic rings. The van der Waals surface area contributed by atoms with Gasteiger partial charge in [-0.3, -0.25) is 9.89 Å². The van der Waals surface area contributed by atoms with Gasteiger partial charge in [-0.1, -0.05) is 18.2 Å². The minimum atomic E-state index is -0.855. The average Bonchev–Trinajstić information content (AvgIpc) is 3.40. The lowest BCUT2D eigenvalue weighted by atomic mass is 9.78. The van der Waals surface area contributed by atoms with E-state index in [1.165, 1.54) is 13.0 Å². The molecule has 0 spiro atoms. The van der Waals surface area contributed by atoms with Gasteiger partial charge in [-0.05, 0) is 49.3 Å². The summed E-state index contributed by atoms with van der Waals surface area (Å²) in [4.78, 5) is 15.0. The van der Waals surface area contributed by atoms with E-state index in [1.807, 2.05) is 12.1 Å². The summed E-state index contributed by atoms with van der Waals surface area (Å²) in [6.07, 6.45) is 0.946. The van der Waals surface area contributed by atoms with E-state index in [0.717, 1.165) is 11.5 Å². The fourth-order valence-corrected chi connectivity index (χ4v) is 4.89. The molecular weight excluding hydrogens is 404 g/mol. The van der Waals surface area contributed by atoms with Gasteiger partial charge in [0.15, 0.2) is 17.4 Å².